The summed E-state index contributed by atoms with van der Waals surface area (Å²) in [6, 6.07) is 4.59. The van der Waals surface area contributed by atoms with Crippen LogP contribution < -0.4 is 14.8 Å². The van der Waals surface area contributed by atoms with Gasteiger partial charge in [0, 0.05) is 13.6 Å². The van der Waals surface area contributed by atoms with Crippen molar-refractivity contribution in [1.29, 1.82) is 0 Å². The maximum Gasteiger partial charge on any atom is 0.255 e. The van der Waals surface area contributed by atoms with Crippen LogP contribution in [-0.4, -0.2) is 50.6 Å². The number of para-hydroxylation sites is 1. The molecule has 1 aromatic rings. The highest BCUT2D eigenvalue weighted by atomic mass is 16.5. The lowest BCUT2D eigenvalue weighted by Gasteiger charge is -2.15. The predicted octanol–water partition coefficient (Wildman–Crippen LogP) is 0.664. The highest BCUT2D eigenvalue weighted by molar-refractivity contribution is 6.00. The molecule has 1 unspecified atom stereocenters. The number of nitrogens with zero attached hydrogens (tertiary/aromatic N) is 1. The number of rotatable bonds is 4. The number of likely N-dealkylation sites (tertiary alicyclic amines) is 1. The smallest absolute Gasteiger partial charge is 0.255 e. The van der Waals surface area contributed by atoms with E-state index < -0.39 is 6.04 Å². The van der Waals surface area contributed by atoms with E-state index in [4.69, 9.17) is 9.47 Å². The van der Waals surface area contributed by atoms with Crippen LogP contribution in [-0.2, 0) is 4.79 Å². The van der Waals surface area contributed by atoms with E-state index in [1.165, 1.54) is 14.2 Å². The molecule has 1 atom stereocenters. The van der Waals surface area contributed by atoms with Gasteiger partial charge in [-0.3, -0.25) is 9.59 Å². The summed E-state index contributed by atoms with van der Waals surface area (Å²) in [5, 5.41) is 2.74. The molecule has 1 heterocycles. The van der Waals surface area contributed by atoms with E-state index in [1.54, 1.807) is 30.1 Å². The highest BCUT2D eigenvalue weighted by Gasteiger charge is 2.31. The van der Waals surface area contributed by atoms with Gasteiger partial charge in [-0.2, -0.15) is 0 Å². The molecule has 1 aliphatic rings. The van der Waals surface area contributed by atoms with Crippen LogP contribution in [0, 0.1) is 0 Å². The fourth-order valence-electron chi connectivity index (χ4n) is 2.26. The van der Waals surface area contributed by atoms with E-state index in [2.05, 4.69) is 5.32 Å². The van der Waals surface area contributed by atoms with Gasteiger partial charge in [0.1, 0.15) is 6.04 Å². The van der Waals surface area contributed by atoms with Crippen LogP contribution in [0.15, 0.2) is 18.2 Å². The zero-order valence-electron chi connectivity index (χ0n) is 11.8. The minimum Gasteiger partial charge on any atom is -0.493 e. The Morgan fingerprint density at radius 2 is 2.10 bits per heavy atom. The first-order valence-electron chi connectivity index (χ1n) is 6.35. The fraction of sp³-hybridized carbons (Fsp3) is 0.429. The molecule has 1 N–H and O–H groups in total. The Hall–Kier alpha value is -2.24. The third-order valence-corrected chi connectivity index (χ3v) is 3.38. The van der Waals surface area contributed by atoms with Gasteiger partial charge in [-0.15, -0.1) is 0 Å². The number of benzene rings is 1. The topological polar surface area (TPSA) is 67.9 Å². The number of amides is 2. The Bertz CT molecular complexity index is 530. The minimum absolute atomic E-state index is 0.0692. The second kappa shape index (κ2) is 5.81. The zero-order valence-corrected chi connectivity index (χ0v) is 11.8. The summed E-state index contributed by atoms with van der Waals surface area (Å²) >= 11 is 0. The van der Waals surface area contributed by atoms with Gasteiger partial charge in [-0.25, -0.2) is 0 Å². The summed E-state index contributed by atoms with van der Waals surface area (Å²) in [6.07, 6.45) is 0.618. The molecule has 1 aromatic carbocycles. The molecule has 0 radical (unpaired) electrons. The van der Waals surface area contributed by atoms with Crippen LogP contribution in [0.25, 0.3) is 0 Å². The third kappa shape index (κ3) is 2.54. The summed E-state index contributed by atoms with van der Waals surface area (Å²) in [6.45, 7) is 0.652. The van der Waals surface area contributed by atoms with E-state index in [0.717, 1.165) is 0 Å². The predicted molar refractivity (Wildman–Crippen MR) is 73.1 cm³/mol. The molecule has 108 valence electrons. The van der Waals surface area contributed by atoms with E-state index in [1.807, 2.05) is 0 Å². The molecular formula is C14H18N2O4. The maximum absolute atomic E-state index is 12.3. The third-order valence-electron chi connectivity index (χ3n) is 3.38. The van der Waals surface area contributed by atoms with Crippen molar-refractivity contribution in [2.24, 2.45) is 0 Å². The van der Waals surface area contributed by atoms with Gasteiger partial charge in [0.25, 0.3) is 5.91 Å². The number of nitrogens with one attached hydrogen (secondary N) is 1. The molecule has 1 aliphatic heterocycles. The molecule has 1 fully saturated rings. The molecule has 0 bridgehead atoms. The van der Waals surface area contributed by atoms with Crippen molar-refractivity contribution in [2.45, 2.75) is 12.5 Å². The van der Waals surface area contributed by atoms with Gasteiger partial charge in [0.05, 0.1) is 19.8 Å². The molecule has 0 aromatic heterocycles. The SMILES string of the molecule is COc1cccc(C(=O)NC2CCN(C)C2=O)c1OC. The number of carbonyl (C=O) groups excluding carboxylic acids is 2. The van der Waals surface area contributed by atoms with Crippen molar-refractivity contribution in [3.63, 3.8) is 0 Å². The molecular weight excluding hydrogens is 260 g/mol. The Morgan fingerprint density at radius 3 is 2.65 bits per heavy atom. The second-order valence-corrected chi connectivity index (χ2v) is 4.62. The first-order valence-corrected chi connectivity index (χ1v) is 6.35. The number of ether oxygens (including phenoxy) is 2. The standard InChI is InChI=1S/C14H18N2O4/c1-16-8-7-10(14(16)18)15-13(17)9-5-4-6-11(19-2)12(9)20-3/h4-6,10H,7-8H2,1-3H3,(H,15,17). The Kier molecular flexibility index (Phi) is 4.12. The van der Waals surface area contributed by atoms with Crippen LogP contribution in [0.5, 0.6) is 11.5 Å². The lowest BCUT2D eigenvalue weighted by atomic mass is 10.1. The van der Waals surface area contributed by atoms with E-state index in [0.29, 0.717) is 30.0 Å². The van der Waals surface area contributed by atoms with Crippen LogP contribution >= 0.6 is 0 Å². The van der Waals surface area contributed by atoms with E-state index in [9.17, 15) is 9.59 Å². The fourth-order valence-corrected chi connectivity index (χ4v) is 2.26. The summed E-state index contributed by atoms with van der Waals surface area (Å²) in [5.41, 5.74) is 0.356. The number of hydrogen-bond donors (Lipinski definition) is 1. The Morgan fingerprint density at radius 1 is 1.35 bits per heavy atom. The number of hydrogen-bond acceptors (Lipinski definition) is 4. The van der Waals surface area contributed by atoms with Crippen LogP contribution in [0.3, 0.4) is 0 Å². The largest absolute Gasteiger partial charge is 0.493 e. The molecule has 6 heteroatoms. The summed E-state index contributed by atoms with van der Waals surface area (Å²) in [5.74, 6) is 0.441. The van der Waals surface area contributed by atoms with Crippen LogP contribution in [0.1, 0.15) is 16.8 Å². The highest BCUT2D eigenvalue weighted by Crippen LogP contribution is 2.30. The summed E-state index contributed by atoms with van der Waals surface area (Å²) in [7, 11) is 4.71. The van der Waals surface area contributed by atoms with Crippen molar-refractivity contribution < 1.29 is 19.1 Å². The molecule has 2 rings (SSSR count). The quantitative estimate of drug-likeness (QED) is 0.878. The molecule has 0 aliphatic carbocycles. The summed E-state index contributed by atoms with van der Waals surface area (Å²) < 4.78 is 10.4. The lowest BCUT2D eigenvalue weighted by Crippen LogP contribution is -2.40. The average molecular weight is 278 g/mol. The normalized spacial score (nSPS) is 18.1. The van der Waals surface area contributed by atoms with Gasteiger partial charge in [0.15, 0.2) is 11.5 Å². The number of methoxy groups -OCH3 is 2. The number of likely N-dealkylation sites (N-methyl/N-ethyl adjacent to an activating group) is 1. The van der Waals surface area contributed by atoms with Crippen LogP contribution in [0.4, 0.5) is 0 Å². The van der Waals surface area contributed by atoms with E-state index in [-0.39, 0.29) is 11.8 Å². The Balaban J connectivity index is 2.19. The van der Waals surface area contributed by atoms with Gasteiger partial charge >= 0.3 is 0 Å². The Labute approximate surface area is 117 Å². The van der Waals surface area contributed by atoms with Gasteiger partial charge < -0.3 is 19.7 Å². The maximum atomic E-state index is 12.3. The number of carbonyl (C=O) groups is 2. The molecule has 0 spiro atoms. The second-order valence-electron chi connectivity index (χ2n) is 4.62. The summed E-state index contributed by atoms with van der Waals surface area (Å²) in [4.78, 5) is 25.7. The van der Waals surface area contributed by atoms with Crippen molar-refractivity contribution in [2.75, 3.05) is 27.8 Å². The van der Waals surface area contributed by atoms with Crippen molar-refractivity contribution in [3.8, 4) is 11.5 Å². The van der Waals surface area contributed by atoms with Crippen molar-refractivity contribution >= 4 is 11.8 Å². The molecule has 6 nitrogen and oxygen atoms in total. The van der Waals surface area contributed by atoms with Crippen LogP contribution in [0.2, 0.25) is 0 Å². The van der Waals surface area contributed by atoms with Gasteiger partial charge in [-0.1, -0.05) is 6.07 Å². The van der Waals surface area contributed by atoms with Crippen molar-refractivity contribution in [1.82, 2.24) is 10.2 Å². The molecule has 20 heavy (non-hydrogen) atoms. The molecule has 1 saturated heterocycles. The van der Waals surface area contributed by atoms with Gasteiger partial charge in [-0.05, 0) is 18.6 Å². The lowest BCUT2D eigenvalue weighted by molar-refractivity contribution is -0.128. The van der Waals surface area contributed by atoms with Crippen molar-refractivity contribution in [3.05, 3.63) is 23.8 Å². The molecule has 2 amide bonds. The van der Waals surface area contributed by atoms with Gasteiger partial charge in [0.2, 0.25) is 5.91 Å². The first kappa shape index (κ1) is 14.2. The van der Waals surface area contributed by atoms with E-state index >= 15 is 0 Å². The first-order chi connectivity index (χ1) is 9.58. The molecule has 0 saturated carbocycles. The average Bonchev–Trinajstić information content (AvgIpc) is 2.78. The monoisotopic (exact) mass is 278 g/mol. The zero-order chi connectivity index (χ0) is 14.7. The minimum atomic E-state index is -0.469.